The second kappa shape index (κ2) is 6.87. The first-order valence-electron chi connectivity index (χ1n) is 9.30. The fourth-order valence-corrected chi connectivity index (χ4v) is 3.13. The molecule has 0 bridgehead atoms. The van der Waals surface area contributed by atoms with Crippen molar-refractivity contribution in [2.24, 2.45) is 5.92 Å². The molecule has 0 saturated heterocycles. The van der Waals surface area contributed by atoms with E-state index in [-0.39, 0.29) is 11.8 Å². The molecular weight excluding hydrogens is 366 g/mol. The average Bonchev–Trinajstić information content (AvgIpc) is 3.53. The quantitative estimate of drug-likeness (QED) is 0.528. The van der Waals surface area contributed by atoms with Gasteiger partial charge in [0.1, 0.15) is 11.6 Å². The zero-order chi connectivity index (χ0) is 19.8. The maximum atomic E-state index is 12.1. The van der Waals surface area contributed by atoms with Gasteiger partial charge in [0.2, 0.25) is 5.91 Å². The Bertz CT molecular complexity index is 1310. The SMILES string of the molecule is CNc1ncc(C#Cc2cnn3cccnc23)c2cc(NC(=O)C3CC3)ncc12. The van der Waals surface area contributed by atoms with Crippen molar-refractivity contribution in [3.05, 3.63) is 54.2 Å². The summed E-state index contributed by atoms with van der Waals surface area (Å²) >= 11 is 0. The molecule has 4 heterocycles. The standard InChI is InChI=1S/C21H17N7O/c1-22-19-17-12-24-18(27-21(29)13-3-4-13)9-16(17)14(10-25-19)5-6-15-11-26-28-8-2-7-23-20(15)28/h2,7-13H,3-4H2,1H3,(H,22,25)(H,24,27,29). The number of nitrogens with one attached hydrogen (secondary N) is 2. The Morgan fingerprint density at radius 1 is 1.10 bits per heavy atom. The van der Waals surface area contributed by atoms with Crippen LogP contribution in [0.4, 0.5) is 11.6 Å². The van der Waals surface area contributed by atoms with Gasteiger partial charge in [-0.05, 0) is 25.0 Å². The van der Waals surface area contributed by atoms with E-state index in [2.05, 4.69) is 42.5 Å². The van der Waals surface area contributed by atoms with E-state index in [4.69, 9.17) is 0 Å². The zero-order valence-electron chi connectivity index (χ0n) is 15.7. The van der Waals surface area contributed by atoms with Crippen molar-refractivity contribution in [1.29, 1.82) is 0 Å². The number of amides is 1. The summed E-state index contributed by atoms with van der Waals surface area (Å²) in [6, 6.07) is 3.66. The first kappa shape index (κ1) is 17.1. The van der Waals surface area contributed by atoms with Crippen LogP contribution in [0, 0.1) is 17.8 Å². The van der Waals surface area contributed by atoms with Crippen molar-refractivity contribution < 1.29 is 4.79 Å². The molecule has 1 aliphatic carbocycles. The number of anilines is 2. The molecule has 2 N–H and O–H groups in total. The van der Waals surface area contributed by atoms with E-state index in [1.807, 2.05) is 18.3 Å². The fourth-order valence-electron chi connectivity index (χ4n) is 3.13. The highest BCUT2D eigenvalue weighted by Gasteiger charge is 2.29. The molecule has 0 unspecified atom stereocenters. The van der Waals surface area contributed by atoms with Crippen LogP contribution >= 0.6 is 0 Å². The van der Waals surface area contributed by atoms with Gasteiger partial charge in [0.05, 0.1) is 17.3 Å². The summed E-state index contributed by atoms with van der Waals surface area (Å²) in [7, 11) is 1.81. The van der Waals surface area contributed by atoms with E-state index in [0.717, 1.165) is 34.7 Å². The van der Waals surface area contributed by atoms with E-state index in [1.54, 1.807) is 36.4 Å². The number of carbonyl (C=O) groups excluding carboxylic acids is 1. The summed E-state index contributed by atoms with van der Waals surface area (Å²) in [5.74, 6) is 7.66. The minimum Gasteiger partial charge on any atom is -0.373 e. The van der Waals surface area contributed by atoms with Gasteiger partial charge >= 0.3 is 0 Å². The van der Waals surface area contributed by atoms with E-state index in [9.17, 15) is 4.79 Å². The minimum atomic E-state index is 0.0183. The highest BCUT2D eigenvalue weighted by molar-refractivity contribution is 5.99. The number of rotatable bonds is 3. The first-order chi connectivity index (χ1) is 14.2. The van der Waals surface area contributed by atoms with Gasteiger partial charge in [0, 0.05) is 48.5 Å². The first-order valence-corrected chi connectivity index (χ1v) is 9.30. The van der Waals surface area contributed by atoms with Crippen LogP contribution in [0.5, 0.6) is 0 Å². The van der Waals surface area contributed by atoms with Crippen molar-refractivity contribution in [2.75, 3.05) is 17.7 Å². The highest BCUT2D eigenvalue weighted by atomic mass is 16.2. The second-order valence-electron chi connectivity index (χ2n) is 6.85. The summed E-state index contributed by atoms with van der Waals surface area (Å²) < 4.78 is 1.68. The van der Waals surface area contributed by atoms with Gasteiger partial charge in [-0.25, -0.2) is 19.5 Å². The highest BCUT2D eigenvalue weighted by Crippen LogP contribution is 2.31. The van der Waals surface area contributed by atoms with Crippen LogP contribution in [-0.4, -0.2) is 37.5 Å². The van der Waals surface area contributed by atoms with Crippen molar-refractivity contribution in [3.63, 3.8) is 0 Å². The van der Waals surface area contributed by atoms with Crippen LogP contribution in [0.1, 0.15) is 24.0 Å². The number of hydrogen-bond donors (Lipinski definition) is 2. The van der Waals surface area contributed by atoms with Gasteiger partial charge in [-0.2, -0.15) is 5.10 Å². The van der Waals surface area contributed by atoms with Crippen LogP contribution in [0.3, 0.4) is 0 Å². The molecule has 4 aromatic rings. The lowest BCUT2D eigenvalue weighted by atomic mass is 10.1. The molecule has 0 radical (unpaired) electrons. The molecule has 0 atom stereocenters. The van der Waals surface area contributed by atoms with Crippen LogP contribution in [0.15, 0.2) is 43.1 Å². The van der Waals surface area contributed by atoms with Gasteiger partial charge in [0.25, 0.3) is 0 Å². The fraction of sp³-hybridized carbons (Fsp3) is 0.190. The number of pyridine rings is 2. The number of nitrogens with zero attached hydrogens (tertiary/aromatic N) is 5. The molecule has 1 saturated carbocycles. The van der Waals surface area contributed by atoms with E-state index >= 15 is 0 Å². The van der Waals surface area contributed by atoms with Crippen molar-refractivity contribution in [1.82, 2.24) is 24.6 Å². The summed E-state index contributed by atoms with van der Waals surface area (Å²) in [5, 5.41) is 11.9. The van der Waals surface area contributed by atoms with Gasteiger partial charge in [-0.15, -0.1) is 0 Å². The topological polar surface area (TPSA) is 97.1 Å². The van der Waals surface area contributed by atoms with E-state index < -0.39 is 0 Å². The molecule has 1 aliphatic rings. The average molecular weight is 383 g/mol. The summed E-state index contributed by atoms with van der Waals surface area (Å²) in [6.07, 6.45) is 10.5. The smallest absolute Gasteiger partial charge is 0.228 e. The lowest BCUT2D eigenvalue weighted by Gasteiger charge is -2.09. The van der Waals surface area contributed by atoms with Crippen molar-refractivity contribution in [2.45, 2.75) is 12.8 Å². The third-order valence-electron chi connectivity index (χ3n) is 4.82. The normalized spacial score (nSPS) is 13.1. The molecule has 8 heteroatoms. The second-order valence-corrected chi connectivity index (χ2v) is 6.85. The molecule has 142 valence electrons. The van der Waals surface area contributed by atoms with Crippen LogP contribution in [0.2, 0.25) is 0 Å². The van der Waals surface area contributed by atoms with Crippen LogP contribution in [-0.2, 0) is 4.79 Å². The van der Waals surface area contributed by atoms with Crippen molar-refractivity contribution >= 4 is 34.0 Å². The number of carbonyl (C=O) groups is 1. The third-order valence-corrected chi connectivity index (χ3v) is 4.82. The maximum absolute atomic E-state index is 12.1. The van der Waals surface area contributed by atoms with Crippen LogP contribution < -0.4 is 10.6 Å². The van der Waals surface area contributed by atoms with Crippen LogP contribution in [0.25, 0.3) is 16.4 Å². The Kier molecular flexibility index (Phi) is 4.06. The van der Waals surface area contributed by atoms with Crippen molar-refractivity contribution in [3.8, 4) is 11.8 Å². The molecular formula is C21H17N7O. The molecule has 0 aliphatic heterocycles. The Balaban J connectivity index is 1.58. The summed E-state index contributed by atoms with van der Waals surface area (Å²) in [5.41, 5.74) is 2.16. The van der Waals surface area contributed by atoms with Gasteiger partial charge < -0.3 is 10.6 Å². The molecule has 0 spiro atoms. The maximum Gasteiger partial charge on any atom is 0.228 e. The number of fused-ring (bicyclic) bond motifs is 2. The Morgan fingerprint density at radius 2 is 1.97 bits per heavy atom. The summed E-state index contributed by atoms with van der Waals surface area (Å²) in [4.78, 5) is 25.2. The zero-order valence-corrected chi connectivity index (χ0v) is 15.7. The predicted molar refractivity (Wildman–Crippen MR) is 109 cm³/mol. The van der Waals surface area contributed by atoms with E-state index in [1.165, 1.54) is 0 Å². The van der Waals surface area contributed by atoms with Gasteiger partial charge in [-0.1, -0.05) is 11.8 Å². The molecule has 1 amide bonds. The molecule has 4 aromatic heterocycles. The molecule has 1 fully saturated rings. The lowest BCUT2D eigenvalue weighted by Crippen LogP contribution is -2.14. The van der Waals surface area contributed by atoms with Gasteiger partial charge in [-0.3, -0.25) is 4.79 Å². The lowest BCUT2D eigenvalue weighted by molar-refractivity contribution is -0.117. The molecule has 5 rings (SSSR count). The Labute approximate surface area is 166 Å². The number of aromatic nitrogens is 5. The molecule has 0 aromatic carbocycles. The summed E-state index contributed by atoms with van der Waals surface area (Å²) in [6.45, 7) is 0. The monoisotopic (exact) mass is 383 g/mol. The van der Waals surface area contributed by atoms with E-state index in [0.29, 0.717) is 17.3 Å². The number of hydrogen-bond acceptors (Lipinski definition) is 6. The Hall–Kier alpha value is -3.99. The Morgan fingerprint density at radius 3 is 2.79 bits per heavy atom. The largest absolute Gasteiger partial charge is 0.373 e. The third kappa shape index (κ3) is 3.23. The predicted octanol–water partition coefficient (Wildman–Crippen LogP) is 2.46. The molecule has 8 nitrogen and oxygen atoms in total. The minimum absolute atomic E-state index is 0.0183. The molecule has 29 heavy (non-hydrogen) atoms. The van der Waals surface area contributed by atoms with Gasteiger partial charge in [0.15, 0.2) is 5.65 Å².